The van der Waals surface area contributed by atoms with Crippen molar-refractivity contribution in [1.29, 1.82) is 5.26 Å². The summed E-state index contributed by atoms with van der Waals surface area (Å²) in [7, 11) is 0. The van der Waals surface area contributed by atoms with Crippen LogP contribution in [0.5, 0.6) is 0 Å². The minimum absolute atomic E-state index is 0.368. The summed E-state index contributed by atoms with van der Waals surface area (Å²) in [6, 6.07) is 3.05. The Hall–Kier alpha value is -0.630. The molecular formula is C16H29N3O. The predicted octanol–water partition coefficient (Wildman–Crippen LogP) is 2.30. The molecule has 0 radical (unpaired) electrons. The number of nitrogens with zero attached hydrogens (tertiary/aromatic N) is 2. The summed E-state index contributed by atoms with van der Waals surface area (Å²) in [6.45, 7) is 7.97. The van der Waals surface area contributed by atoms with Gasteiger partial charge in [-0.15, -0.1) is 0 Å². The lowest BCUT2D eigenvalue weighted by atomic mass is 9.89. The van der Waals surface area contributed by atoms with Crippen molar-refractivity contribution in [2.45, 2.75) is 70.1 Å². The van der Waals surface area contributed by atoms with Gasteiger partial charge >= 0.3 is 0 Å². The third-order valence-electron chi connectivity index (χ3n) is 4.78. The number of fused-ring (bicyclic) bond motifs is 1. The molecule has 0 aromatic heterocycles. The van der Waals surface area contributed by atoms with E-state index in [2.05, 4.69) is 23.2 Å². The second-order valence-corrected chi connectivity index (χ2v) is 6.37. The zero-order chi connectivity index (χ0) is 14.4. The third-order valence-corrected chi connectivity index (χ3v) is 4.78. The molecule has 1 N–H and O–H groups in total. The molecule has 1 saturated carbocycles. The van der Waals surface area contributed by atoms with Gasteiger partial charge < -0.3 is 4.74 Å². The Morgan fingerprint density at radius 1 is 1.40 bits per heavy atom. The molecule has 0 bridgehead atoms. The Morgan fingerprint density at radius 2 is 2.20 bits per heavy atom. The van der Waals surface area contributed by atoms with Crippen molar-refractivity contribution in [3.63, 3.8) is 0 Å². The van der Waals surface area contributed by atoms with Crippen molar-refractivity contribution in [2.75, 3.05) is 26.2 Å². The minimum Gasteiger partial charge on any atom is -0.375 e. The quantitative estimate of drug-likeness (QED) is 0.810. The Bertz CT molecular complexity index is 339. The number of hydrogen-bond acceptors (Lipinski definition) is 4. The van der Waals surface area contributed by atoms with E-state index in [0.29, 0.717) is 12.1 Å². The molecule has 0 spiro atoms. The number of nitrogens with one attached hydrogen (secondary N) is 1. The topological polar surface area (TPSA) is 48.3 Å². The molecule has 0 aromatic rings. The molecule has 0 amide bonds. The van der Waals surface area contributed by atoms with Gasteiger partial charge in [-0.2, -0.15) is 5.26 Å². The van der Waals surface area contributed by atoms with Gasteiger partial charge in [0.25, 0.3) is 0 Å². The van der Waals surface area contributed by atoms with Crippen LogP contribution in [0.15, 0.2) is 0 Å². The molecule has 20 heavy (non-hydrogen) atoms. The highest BCUT2D eigenvalue weighted by molar-refractivity contribution is 5.03. The molecule has 1 heterocycles. The summed E-state index contributed by atoms with van der Waals surface area (Å²) < 4.78 is 5.91. The molecule has 2 fully saturated rings. The SMILES string of the molecule is CCNC(C)(C#N)CCCN1CCOC2CCCCC21. The van der Waals surface area contributed by atoms with Crippen LogP contribution in [0.1, 0.15) is 52.4 Å². The molecule has 4 heteroatoms. The standard InChI is InChI=1S/C16H29N3O/c1-3-18-16(2,13-17)9-6-10-19-11-12-20-15-8-5-4-7-14(15)19/h14-15,18H,3-12H2,1-2H3. The first-order valence-electron chi connectivity index (χ1n) is 8.20. The van der Waals surface area contributed by atoms with E-state index >= 15 is 0 Å². The van der Waals surface area contributed by atoms with E-state index in [0.717, 1.165) is 39.1 Å². The number of nitriles is 1. The van der Waals surface area contributed by atoms with Crippen LogP contribution in [0.4, 0.5) is 0 Å². The van der Waals surface area contributed by atoms with Gasteiger partial charge in [0.1, 0.15) is 5.54 Å². The summed E-state index contributed by atoms with van der Waals surface area (Å²) in [6.07, 6.45) is 7.65. The first kappa shape index (κ1) is 15.8. The summed E-state index contributed by atoms with van der Waals surface area (Å²) >= 11 is 0. The molecule has 114 valence electrons. The lowest BCUT2D eigenvalue weighted by Gasteiger charge is -2.44. The van der Waals surface area contributed by atoms with Crippen molar-refractivity contribution < 1.29 is 4.74 Å². The monoisotopic (exact) mass is 279 g/mol. The van der Waals surface area contributed by atoms with Gasteiger partial charge in [-0.05, 0) is 45.7 Å². The van der Waals surface area contributed by atoms with E-state index in [1.165, 1.54) is 25.7 Å². The summed E-state index contributed by atoms with van der Waals surface area (Å²) in [5, 5.41) is 12.6. The molecule has 3 unspecified atom stereocenters. The van der Waals surface area contributed by atoms with Gasteiger partial charge in [0, 0.05) is 12.6 Å². The third kappa shape index (κ3) is 3.94. The maximum absolute atomic E-state index is 9.29. The average molecular weight is 279 g/mol. The van der Waals surface area contributed by atoms with Gasteiger partial charge in [-0.3, -0.25) is 10.2 Å². The Balaban J connectivity index is 1.79. The van der Waals surface area contributed by atoms with E-state index in [1.807, 2.05) is 6.92 Å². The maximum atomic E-state index is 9.29. The summed E-state index contributed by atoms with van der Waals surface area (Å²) in [5.74, 6) is 0. The normalized spacial score (nSPS) is 30.2. The first-order valence-corrected chi connectivity index (χ1v) is 8.20. The molecule has 1 aliphatic carbocycles. The maximum Gasteiger partial charge on any atom is 0.103 e. The molecule has 0 aromatic carbocycles. The van der Waals surface area contributed by atoms with E-state index in [9.17, 15) is 5.26 Å². The Labute approximate surface area is 123 Å². The van der Waals surface area contributed by atoms with Crippen LogP contribution >= 0.6 is 0 Å². The fourth-order valence-electron chi connectivity index (χ4n) is 3.66. The highest BCUT2D eigenvalue weighted by atomic mass is 16.5. The predicted molar refractivity (Wildman–Crippen MR) is 80.5 cm³/mol. The van der Waals surface area contributed by atoms with E-state index < -0.39 is 0 Å². The molecular weight excluding hydrogens is 250 g/mol. The summed E-state index contributed by atoms with van der Waals surface area (Å²) in [5.41, 5.74) is -0.368. The van der Waals surface area contributed by atoms with Crippen molar-refractivity contribution >= 4 is 0 Å². The van der Waals surface area contributed by atoms with Gasteiger partial charge in [-0.25, -0.2) is 0 Å². The van der Waals surface area contributed by atoms with Crippen LogP contribution in [-0.4, -0.2) is 48.8 Å². The van der Waals surface area contributed by atoms with E-state index in [1.54, 1.807) is 0 Å². The van der Waals surface area contributed by atoms with E-state index in [4.69, 9.17) is 4.74 Å². The average Bonchev–Trinajstić information content (AvgIpc) is 2.48. The van der Waals surface area contributed by atoms with Crippen LogP contribution in [0.3, 0.4) is 0 Å². The van der Waals surface area contributed by atoms with Crippen molar-refractivity contribution in [1.82, 2.24) is 10.2 Å². The molecule has 2 rings (SSSR count). The fraction of sp³-hybridized carbons (Fsp3) is 0.938. The molecule has 2 aliphatic rings. The van der Waals surface area contributed by atoms with Gasteiger partial charge in [0.15, 0.2) is 0 Å². The minimum atomic E-state index is -0.368. The van der Waals surface area contributed by atoms with Crippen molar-refractivity contribution in [3.05, 3.63) is 0 Å². The van der Waals surface area contributed by atoms with Gasteiger partial charge in [0.2, 0.25) is 0 Å². The van der Waals surface area contributed by atoms with Crippen LogP contribution in [0.25, 0.3) is 0 Å². The second kappa shape index (κ2) is 7.40. The van der Waals surface area contributed by atoms with Crippen LogP contribution < -0.4 is 5.32 Å². The molecule has 1 aliphatic heterocycles. The number of ether oxygens (including phenoxy) is 1. The second-order valence-electron chi connectivity index (χ2n) is 6.37. The Kier molecular flexibility index (Phi) is 5.83. The molecule has 4 nitrogen and oxygen atoms in total. The summed E-state index contributed by atoms with van der Waals surface area (Å²) in [4.78, 5) is 2.61. The highest BCUT2D eigenvalue weighted by Crippen LogP contribution is 2.28. The lowest BCUT2D eigenvalue weighted by Crippen LogP contribution is -2.53. The van der Waals surface area contributed by atoms with E-state index in [-0.39, 0.29) is 5.54 Å². The highest BCUT2D eigenvalue weighted by Gasteiger charge is 2.34. The van der Waals surface area contributed by atoms with Crippen LogP contribution in [-0.2, 0) is 4.74 Å². The lowest BCUT2D eigenvalue weighted by molar-refractivity contribution is -0.0884. The first-order chi connectivity index (χ1) is 9.68. The largest absolute Gasteiger partial charge is 0.375 e. The number of morpholine rings is 1. The molecule has 3 atom stereocenters. The Morgan fingerprint density at radius 3 is 2.95 bits per heavy atom. The zero-order valence-corrected chi connectivity index (χ0v) is 13.0. The smallest absolute Gasteiger partial charge is 0.103 e. The fourth-order valence-corrected chi connectivity index (χ4v) is 3.66. The van der Waals surface area contributed by atoms with Gasteiger partial charge in [0.05, 0.1) is 18.8 Å². The molecule has 1 saturated heterocycles. The number of hydrogen-bond donors (Lipinski definition) is 1. The van der Waals surface area contributed by atoms with Crippen LogP contribution in [0, 0.1) is 11.3 Å². The van der Waals surface area contributed by atoms with Crippen molar-refractivity contribution in [2.24, 2.45) is 0 Å². The van der Waals surface area contributed by atoms with Crippen molar-refractivity contribution in [3.8, 4) is 6.07 Å². The van der Waals surface area contributed by atoms with Gasteiger partial charge in [-0.1, -0.05) is 19.8 Å². The van der Waals surface area contributed by atoms with Crippen LogP contribution in [0.2, 0.25) is 0 Å². The number of rotatable bonds is 6. The zero-order valence-electron chi connectivity index (χ0n) is 13.0.